The van der Waals surface area contributed by atoms with Crippen molar-refractivity contribution in [2.75, 3.05) is 39.9 Å². The van der Waals surface area contributed by atoms with Crippen LogP contribution in [0.15, 0.2) is 9.42 Å². The highest BCUT2D eigenvalue weighted by molar-refractivity contribution is 7.89. The quantitative estimate of drug-likeness (QED) is 0.744. The van der Waals surface area contributed by atoms with Gasteiger partial charge in [0, 0.05) is 45.9 Å². The standard InChI is InChI=1S/C18H28N4O5S/c1-13-16(14(2)27-19-13)28(24,25)21-8-4-15(5-9-21)22-17(23)20(3)12-18(22)6-10-26-11-7-18/h15H,4-12H2,1-3H3. The van der Waals surface area contributed by atoms with Crippen LogP contribution in [0, 0.1) is 13.8 Å². The SMILES string of the molecule is Cc1noc(C)c1S(=O)(=O)N1CCC(N2C(=O)N(C)CC23CCOCC3)CC1. The molecule has 2 amide bonds. The number of piperidine rings is 1. The van der Waals surface area contributed by atoms with Gasteiger partial charge in [0.1, 0.15) is 10.6 Å². The van der Waals surface area contributed by atoms with Gasteiger partial charge in [-0.1, -0.05) is 5.16 Å². The molecule has 3 aliphatic heterocycles. The van der Waals surface area contributed by atoms with Crippen LogP contribution in [0.2, 0.25) is 0 Å². The number of aromatic nitrogens is 1. The first kappa shape index (κ1) is 19.7. The Labute approximate surface area is 165 Å². The van der Waals surface area contributed by atoms with Gasteiger partial charge in [0.05, 0.1) is 5.54 Å². The Kier molecular flexibility index (Phi) is 4.91. The van der Waals surface area contributed by atoms with E-state index in [1.165, 1.54) is 4.31 Å². The van der Waals surface area contributed by atoms with Crippen molar-refractivity contribution in [2.24, 2.45) is 0 Å². The summed E-state index contributed by atoms with van der Waals surface area (Å²) < 4.78 is 38.2. The number of nitrogens with zero attached hydrogens (tertiary/aromatic N) is 4. The van der Waals surface area contributed by atoms with Crippen LogP contribution in [0.1, 0.15) is 37.1 Å². The fourth-order valence-corrected chi connectivity index (χ4v) is 6.74. The van der Waals surface area contributed by atoms with E-state index in [4.69, 9.17) is 9.26 Å². The number of carbonyl (C=O) groups excluding carboxylic acids is 1. The fourth-order valence-electron chi connectivity index (χ4n) is 4.98. The van der Waals surface area contributed by atoms with Crippen molar-refractivity contribution in [1.82, 2.24) is 19.3 Å². The van der Waals surface area contributed by atoms with Gasteiger partial charge in [-0.2, -0.15) is 4.31 Å². The van der Waals surface area contributed by atoms with Gasteiger partial charge >= 0.3 is 6.03 Å². The second kappa shape index (κ2) is 7.00. The average molecular weight is 413 g/mol. The Balaban J connectivity index is 1.51. The van der Waals surface area contributed by atoms with E-state index >= 15 is 0 Å². The molecule has 9 nitrogen and oxygen atoms in total. The molecule has 0 saturated carbocycles. The maximum Gasteiger partial charge on any atom is 0.320 e. The molecule has 0 unspecified atom stereocenters. The topological polar surface area (TPSA) is 96.2 Å². The third-order valence-electron chi connectivity index (χ3n) is 6.35. The summed E-state index contributed by atoms with van der Waals surface area (Å²) in [5.41, 5.74) is 0.203. The molecule has 3 fully saturated rings. The highest BCUT2D eigenvalue weighted by Gasteiger charge is 2.52. The van der Waals surface area contributed by atoms with Gasteiger partial charge in [0.2, 0.25) is 10.0 Å². The minimum atomic E-state index is -3.64. The van der Waals surface area contributed by atoms with Gasteiger partial charge in [0.25, 0.3) is 0 Å². The minimum Gasteiger partial charge on any atom is -0.381 e. The zero-order chi connectivity index (χ0) is 20.1. The van der Waals surface area contributed by atoms with Crippen LogP contribution in [0.3, 0.4) is 0 Å². The number of carbonyl (C=O) groups is 1. The number of hydrogen-bond acceptors (Lipinski definition) is 6. The molecule has 4 heterocycles. The molecule has 156 valence electrons. The summed E-state index contributed by atoms with van der Waals surface area (Å²) in [6.07, 6.45) is 2.93. The Bertz CT molecular complexity index is 834. The predicted molar refractivity (Wildman–Crippen MR) is 100 cm³/mol. The molecular weight excluding hydrogens is 384 g/mol. The van der Waals surface area contributed by atoms with Crippen molar-refractivity contribution in [1.29, 1.82) is 0 Å². The number of amides is 2. The van der Waals surface area contributed by atoms with Crippen LogP contribution in [0.25, 0.3) is 0 Å². The third-order valence-corrected chi connectivity index (χ3v) is 8.50. The zero-order valence-corrected chi connectivity index (χ0v) is 17.5. The van der Waals surface area contributed by atoms with Crippen LogP contribution in [0.4, 0.5) is 4.79 Å². The van der Waals surface area contributed by atoms with E-state index in [0.29, 0.717) is 57.1 Å². The second-order valence-electron chi connectivity index (χ2n) is 8.13. The largest absolute Gasteiger partial charge is 0.381 e. The van der Waals surface area contributed by atoms with Crippen molar-refractivity contribution < 1.29 is 22.5 Å². The van der Waals surface area contributed by atoms with Crippen LogP contribution in [0.5, 0.6) is 0 Å². The lowest BCUT2D eigenvalue weighted by molar-refractivity contribution is -0.0129. The van der Waals surface area contributed by atoms with Gasteiger partial charge in [-0.25, -0.2) is 13.2 Å². The number of hydrogen-bond donors (Lipinski definition) is 0. The van der Waals surface area contributed by atoms with Gasteiger partial charge in [0.15, 0.2) is 5.76 Å². The van der Waals surface area contributed by atoms with Gasteiger partial charge < -0.3 is 19.1 Å². The summed E-state index contributed by atoms with van der Waals surface area (Å²) >= 11 is 0. The maximum absolute atomic E-state index is 13.1. The number of rotatable bonds is 3. The van der Waals surface area contributed by atoms with Crippen LogP contribution < -0.4 is 0 Å². The van der Waals surface area contributed by atoms with Crippen molar-refractivity contribution in [3.63, 3.8) is 0 Å². The summed E-state index contributed by atoms with van der Waals surface area (Å²) in [5, 5.41) is 3.78. The molecule has 1 aromatic heterocycles. The van der Waals surface area contributed by atoms with Crippen molar-refractivity contribution in [3.05, 3.63) is 11.5 Å². The Morgan fingerprint density at radius 1 is 1.14 bits per heavy atom. The maximum atomic E-state index is 13.1. The Hall–Kier alpha value is -1.65. The smallest absolute Gasteiger partial charge is 0.320 e. The predicted octanol–water partition coefficient (Wildman–Crippen LogP) is 1.36. The summed E-state index contributed by atoms with van der Waals surface area (Å²) in [5.74, 6) is 0.317. The normalized spacial score (nSPS) is 24.5. The molecule has 10 heteroatoms. The van der Waals surface area contributed by atoms with Gasteiger partial charge in [-0.15, -0.1) is 0 Å². The van der Waals surface area contributed by atoms with E-state index in [-0.39, 0.29) is 22.5 Å². The van der Waals surface area contributed by atoms with E-state index < -0.39 is 10.0 Å². The highest BCUT2D eigenvalue weighted by atomic mass is 32.2. The fraction of sp³-hybridized carbons (Fsp3) is 0.778. The second-order valence-corrected chi connectivity index (χ2v) is 10.0. The van der Waals surface area contributed by atoms with Crippen LogP contribution >= 0.6 is 0 Å². The zero-order valence-electron chi connectivity index (χ0n) is 16.7. The molecule has 0 aliphatic carbocycles. The Morgan fingerprint density at radius 2 is 1.79 bits per heavy atom. The highest BCUT2D eigenvalue weighted by Crippen LogP contribution is 2.39. The minimum absolute atomic E-state index is 0.0478. The lowest BCUT2D eigenvalue weighted by Crippen LogP contribution is -2.57. The first-order chi connectivity index (χ1) is 13.3. The number of aryl methyl sites for hydroxylation is 2. The molecule has 0 aromatic carbocycles. The number of sulfonamides is 1. The van der Waals surface area contributed by atoms with E-state index in [1.807, 2.05) is 11.9 Å². The number of urea groups is 1. The molecule has 28 heavy (non-hydrogen) atoms. The Morgan fingerprint density at radius 3 is 2.36 bits per heavy atom. The monoisotopic (exact) mass is 412 g/mol. The van der Waals surface area contributed by atoms with E-state index in [2.05, 4.69) is 5.16 Å². The molecule has 0 radical (unpaired) electrons. The molecular formula is C18H28N4O5S. The summed E-state index contributed by atoms with van der Waals surface area (Å²) in [6, 6.07) is 0.0978. The summed E-state index contributed by atoms with van der Waals surface area (Å²) in [4.78, 5) is 16.9. The van der Waals surface area contributed by atoms with Gasteiger partial charge in [-0.3, -0.25) is 0 Å². The molecule has 0 bridgehead atoms. The number of likely N-dealkylation sites (N-methyl/N-ethyl adjacent to an activating group) is 1. The molecule has 0 N–H and O–H groups in total. The van der Waals surface area contributed by atoms with Crippen LogP contribution in [-0.4, -0.2) is 85.2 Å². The average Bonchev–Trinajstić information content (AvgIpc) is 3.12. The molecule has 3 aliphatic rings. The molecule has 0 atom stereocenters. The molecule has 3 saturated heterocycles. The van der Waals surface area contributed by atoms with E-state index in [0.717, 1.165) is 12.8 Å². The molecule has 1 spiro atoms. The first-order valence-electron chi connectivity index (χ1n) is 9.81. The summed E-state index contributed by atoms with van der Waals surface area (Å²) in [6.45, 7) is 6.08. The van der Waals surface area contributed by atoms with Crippen LogP contribution in [-0.2, 0) is 14.8 Å². The van der Waals surface area contributed by atoms with E-state index in [1.54, 1.807) is 18.7 Å². The summed E-state index contributed by atoms with van der Waals surface area (Å²) in [7, 11) is -1.80. The third kappa shape index (κ3) is 3.02. The number of ether oxygens (including phenoxy) is 1. The molecule has 4 rings (SSSR count). The van der Waals surface area contributed by atoms with Crippen molar-refractivity contribution in [3.8, 4) is 0 Å². The first-order valence-corrected chi connectivity index (χ1v) is 11.3. The van der Waals surface area contributed by atoms with Crippen molar-refractivity contribution >= 4 is 16.1 Å². The lowest BCUT2D eigenvalue weighted by atomic mass is 9.87. The lowest BCUT2D eigenvalue weighted by Gasteiger charge is -2.46. The van der Waals surface area contributed by atoms with Crippen molar-refractivity contribution in [2.45, 2.75) is 56.0 Å². The van der Waals surface area contributed by atoms with Gasteiger partial charge in [-0.05, 0) is 39.5 Å². The molecule has 1 aromatic rings. The van der Waals surface area contributed by atoms with E-state index in [9.17, 15) is 13.2 Å².